The number of anilines is 2. The second-order valence-corrected chi connectivity index (χ2v) is 5.90. The Hall–Kier alpha value is -3.30. The third kappa shape index (κ3) is 4.87. The standard InChI is InChI=1S/C18H19N5O3S/c1-10(24)13-4-3-5-14(15(13)17(26)23-19)22-16(25)11-6-8-12(9-7-11)21-18(27)20-2/h3-9H,19H2,1-2H3,(H,22,25)(H,23,26)(H2,20,21,27). The number of rotatable bonds is 5. The van der Waals surface area contributed by atoms with E-state index in [4.69, 9.17) is 18.1 Å². The lowest BCUT2D eigenvalue weighted by atomic mass is 10.0. The topological polar surface area (TPSA) is 125 Å². The summed E-state index contributed by atoms with van der Waals surface area (Å²) in [6.07, 6.45) is 0. The van der Waals surface area contributed by atoms with Crippen molar-refractivity contribution in [2.24, 2.45) is 5.84 Å². The largest absolute Gasteiger partial charge is 0.366 e. The Morgan fingerprint density at radius 1 is 0.963 bits per heavy atom. The van der Waals surface area contributed by atoms with Crippen LogP contribution in [0.25, 0.3) is 0 Å². The molecule has 0 saturated heterocycles. The van der Waals surface area contributed by atoms with Gasteiger partial charge in [-0.2, -0.15) is 0 Å². The van der Waals surface area contributed by atoms with Gasteiger partial charge in [0.2, 0.25) is 0 Å². The molecule has 0 aliphatic rings. The number of carbonyl (C=O) groups is 3. The van der Waals surface area contributed by atoms with Crippen LogP contribution < -0.4 is 27.2 Å². The number of nitrogens with one attached hydrogen (secondary N) is 4. The Bertz CT molecular complexity index is 896. The number of hydrazine groups is 1. The molecular weight excluding hydrogens is 366 g/mol. The van der Waals surface area contributed by atoms with Crippen LogP contribution in [0.2, 0.25) is 0 Å². The number of benzene rings is 2. The van der Waals surface area contributed by atoms with E-state index in [1.807, 2.05) is 5.43 Å². The number of carbonyl (C=O) groups excluding carboxylic acids is 3. The lowest BCUT2D eigenvalue weighted by molar-refractivity contribution is 0.0939. The molecule has 0 fully saturated rings. The Kier molecular flexibility index (Phi) is 6.58. The summed E-state index contributed by atoms with van der Waals surface area (Å²) in [6.45, 7) is 1.33. The average molecular weight is 385 g/mol. The second-order valence-electron chi connectivity index (χ2n) is 5.49. The van der Waals surface area contributed by atoms with Crippen LogP contribution in [0.4, 0.5) is 11.4 Å². The third-order valence-electron chi connectivity index (χ3n) is 3.68. The van der Waals surface area contributed by atoms with Crippen LogP contribution in [0, 0.1) is 0 Å². The maximum atomic E-state index is 12.5. The van der Waals surface area contributed by atoms with E-state index in [-0.39, 0.29) is 22.6 Å². The van der Waals surface area contributed by atoms with E-state index in [0.717, 1.165) is 0 Å². The number of Topliss-reactive ketones (excluding diaryl/α,β-unsaturated/α-hetero) is 1. The summed E-state index contributed by atoms with van der Waals surface area (Å²) in [5.74, 6) is 3.78. The zero-order valence-corrected chi connectivity index (χ0v) is 15.6. The molecule has 0 aliphatic heterocycles. The molecule has 9 heteroatoms. The summed E-state index contributed by atoms with van der Waals surface area (Å²) < 4.78 is 0. The summed E-state index contributed by atoms with van der Waals surface area (Å²) in [6, 6.07) is 11.2. The summed E-state index contributed by atoms with van der Waals surface area (Å²) in [7, 11) is 1.70. The highest BCUT2D eigenvalue weighted by Crippen LogP contribution is 2.22. The lowest BCUT2D eigenvalue weighted by Gasteiger charge is -2.13. The van der Waals surface area contributed by atoms with Gasteiger partial charge in [0.1, 0.15) is 0 Å². The molecule has 0 radical (unpaired) electrons. The van der Waals surface area contributed by atoms with Crippen LogP contribution in [0.5, 0.6) is 0 Å². The van der Waals surface area contributed by atoms with Gasteiger partial charge in [-0.25, -0.2) is 5.84 Å². The summed E-state index contributed by atoms with van der Waals surface area (Å²) in [4.78, 5) is 36.4. The van der Waals surface area contributed by atoms with Gasteiger partial charge in [0, 0.05) is 23.9 Å². The van der Waals surface area contributed by atoms with E-state index in [2.05, 4.69) is 16.0 Å². The molecule has 2 amide bonds. The first-order chi connectivity index (χ1) is 12.9. The minimum Gasteiger partial charge on any atom is -0.366 e. The predicted octanol–water partition coefficient (Wildman–Crippen LogP) is 1.66. The Morgan fingerprint density at radius 2 is 1.63 bits per heavy atom. The molecule has 0 heterocycles. The fourth-order valence-corrected chi connectivity index (χ4v) is 2.48. The first-order valence-corrected chi connectivity index (χ1v) is 8.33. The van der Waals surface area contributed by atoms with Crippen molar-refractivity contribution in [2.45, 2.75) is 6.92 Å². The molecule has 2 rings (SSSR count). The molecule has 0 spiro atoms. The van der Waals surface area contributed by atoms with Crippen molar-refractivity contribution >= 4 is 46.3 Å². The predicted molar refractivity (Wildman–Crippen MR) is 108 cm³/mol. The van der Waals surface area contributed by atoms with Crippen LogP contribution in [0.3, 0.4) is 0 Å². The van der Waals surface area contributed by atoms with Gasteiger partial charge in [-0.3, -0.25) is 19.8 Å². The number of amides is 2. The molecule has 2 aromatic carbocycles. The van der Waals surface area contributed by atoms with E-state index < -0.39 is 11.8 Å². The minimum absolute atomic E-state index is 0.0125. The molecule has 0 aliphatic carbocycles. The maximum Gasteiger partial charge on any atom is 0.268 e. The van der Waals surface area contributed by atoms with Gasteiger partial charge in [-0.05, 0) is 49.5 Å². The molecule has 0 bridgehead atoms. The molecule has 140 valence electrons. The summed E-state index contributed by atoms with van der Waals surface area (Å²) in [5.41, 5.74) is 3.44. The molecule has 0 unspecified atom stereocenters. The van der Waals surface area contributed by atoms with Crippen molar-refractivity contribution in [3.63, 3.8) is 0 Å². The molecule has 27 heavy (non-hydrogen) atoms. The van der Waals surface area contributed by atoms with Crippen molar-refractivity contribution in [3.05, 3.63) is 59.2 Å². The molecule has 8 nitrogen and oxygen atoms in total. The Labute approximate surface area is 161 Å². The normalized spacial score (nSPS) is 9.89. The zero-order valence-electron chi connectivity index (χ0n) is 14.8. The van der Waals surface area contributed by atoms with Gasteiger partial charge < -0.3 is 16.0 Å². The minimum atomic E-state index is -0.670. The third-order valence-corrected chi connectivity index (χ3v) is 3.99. The average Bonchev–Trinajstić information content (AvgIpc) is 2.67. The molecular formula is C18H19N5O3S. The van der Waals surface area contributed by atoms with Gasteiger partial charge in [-0.15, -0.1) is 0 Å². The van der Waals surface area contributed by atoms with E-state index in [0.29, 0.717) is 16.4 Å². The summed E-state index contributed by atoms with van der Waals surface area (Å²) >= 11 is 5.01. The second kappa shape index (κ2) is 8.88. The van der Waals surface area contributed by atoms with Gasteiger partial charge >= 0.3 is 0 Å². The van der Waals surface area contributed by atoms with E-state index in [1.54, 1.807) is 37.4 Å². The van der Waals surface area contributed by atoms with E-state index in [1.165, 1.54) is 19.1 Å². The number of hydrogen-bond donors (Lipinski definition) is 5. The Morgan fingerprint density at radius 3 is 2.19 bits per heavy atom. The number of nitrogen functional groups attached to an aromatic ring is 1. The van der Waals surface area contributed by atoms with Crippen LogP contribution in [-0.2, 0) is 0 Å². The quantitative estimate of drug-likeness (QED) is 0.174. The van der Waals surface area contributed by atoms with Gasteiger partial charge in [-0.1, -0.05) is 12.1 Å². The van der Waals surface area contributed by atoms with Crippen molar-refractivity contribution in [3.8, 4) is 0 Å². The van der Waals surface area contributed by atoms with Crippen molar-refractivity contribution in [1.82, 2.24) is 10.7 Å². The summed E-state index contributed by atoms with van der Waals surface area (Å²) in [5, 5.41) is 8.82. The van der Waals surface area contributed by atoms with Gasteiger partial charge in [0.05, 0.1) is 11.3 Å². The first-order valence-electron chi connectivity index (χ1n) is 7.92. The monoisotopic (exact) mass is 385 g/mol. The lowest BCUT2D eigenvalue weighted by Crippen LogP contribution is -2.32. The molecule has 0 aromatic heterocycles. The highest BCUT2D eigenvalue weighted by molar-refractivity contribution is 7.80. The highest BCUT2D eigenvalue weighted by Gasteiger charge is 2.20. The number of ketones is 1. The van der Waals surface area contributed by atoms with Crippen LogP contribution in [-0.4, -0.2) is 29.8 Å². The van der Waals surface area contributed by atoms with Crippen LogP contribution in [0.1, 0.15) is 38.0 Å². The smallest absolute Gasteiger partial charge is 0.268 e. The number of hydrogen-bond acceptors (Lipinski definition) is 5. The van der Waals surface area contributed by atoms with E-state index >= 15 is 0 Å². The Balaban J connectivity index is 2.27. The van der Waals surface area contributed by atoms with E-state index in [9.17, 15) is 14.4 Å². The highest BCUT2D eigenvalue weighted by atomic mass is 32.1. The number of thiocarbonyl (C=S) groups is 1. The van der Waals surface area contributed by atoms with Gasteiger partial charge in [0.15, 0.2) is 10.9 Å². The molecule has 2 aromatic rings. The molecule has 0 atom stereocenters. The fraction of sp³-hybridized carbons (Fsp3) is 0.111. The first kappa shape index (κ1) is 20.0. The molecule has 0 saturated carbocycles. The van der Waals surface area contributed by atoms with Crippen molar-refractivity contribution < 1.29 is 14.4 Å². The zero-order chi connectivity index (χ0) is 20.0. The van der Waals surface area contributed by atoms with Crippen molar-refractivity contribution in [1.29, 1.82) is 0 Å². The number of nitrogens with two attached hydrogens (primary N) is 1. The maximum absolute atomic E-state index is 12.5. The molecule has 6 N–H and O–H groups in total. The van der Waals surface area contributed by atoms with Crippen molar-refractivity contribution in [2.75, 3.05) is 17.7 Å². The van der Waals surface area contributed by atoms with Crippen LogP contribution >= 0.6 is 12.2 Å². The SMILES string of the molecule is CNC(=S)Nc1ccc(C(=O)Nc2cccc(C(C)=O)c2C(=O)NN)cc1. The van der Waals surface area contributed by atoms with Gasteiger partial charge in [0.25, 0.3) is 11.8 Å². The van der Waals surface area contributed by atoms with Crippen LogP contribution in [0.15, 0.2) is 42.5 Å². The fourth-order valence-electron chi connectivity index (χ4n) is 2.36.